The third-order valence-corrected chi connectivity index (χ3v) is 4.38. The molecule has 1 amide bonds. The Hall–Kier alpha value is -1.51. The maximum atomic E-state index is 12.1. The molecule has 2 rings (SSSR count). The zero-order chi connectivity index (χ0) is 16.7. The van der Waals surface area contributed by atoms with Crippen LogP contribution in [0, 0.1) is 16.0 Å². The molecule has 126 valence electrons. The predicted molar refractivity (Wildman–Crippen MR) is 87.5 cm³/mol. The summed E-state index contributed by atoms with van der Waals surface area (Å²) in [5.41, 5.74) is 0.128. The first-order valence-electron chi connectivity index (χ1n) is 7.46. The third kappa shape index (κ3) is 5.26. The van der Waals surface area contributed by atoms with Crippen LogP contribution in [0.4, 0.5) is 5.69 Å². The Balaban J connectivity index is 1.70. The Morgan fingerprint density at radius 2 is 2.35 bits per heavy atom. The van der Waals surface area contributed by atoms with Gasteiger partial charge in [-0.25, -0.2) is 0 Å². The number of hydrogen-bond acceptors (Lipinski definition) is 5. The number of rotatable bonds is 8. The lowest BCUT2D eigenvalue weighted by Gasteiger charge is -2.09. The molecule has 1 fully saturated rings. The van der Waals surface area contributed by atoms with Crippen molar-refractivity contribution in [2.24, 2.45) is 5.92 Å². The van der Waals surface area contributed by atoms with E-state index in [4.69, 9.17) is 9.47 Å². The molecule has 0 saturated carbocycles. The van der Waals surface area contributed by atoms with Gasteiger partial charge in [0.05, 0.1) is 23.7 Å². The molecule has 0 spiro atoms. The number of halogens is 1. The molecule has 23 heavy (non-hydrogen) atoms. The van der Waals surface area contributed by atoms with Crippen LogP contribution in [0.15, 0.2) is 22.7 Å². The standard InChI is InChI=1S/C15H19BrN2O5/c16-14-12(3-1-4-13(14)18(20)21)15(19)17-6-2-7-22-9-11-5-8-23-10-11/h1,3-4,11H,2,5-10H2,(H,17,19)/t11-/m0/s1. The van der Waals surface area contributed by atoms with Gasteiger partial charge >= 0.3 is 0 Å². The van der Waals surface area contributed by atoms with Crippen LogP contribution >= 0.6 is 15.9 Å². The van der Waals surface area contributed by atoms with Crippen LogP contribution in [-0.2, 0) is 9.47 Å². The van der Waals surface area contributed by atoms with Gasteiger partial charge in [-0.15, -0.1) is 0 Å². The van der Waals surface area contributed by atoms with Crippen LogP contribution in [0.1, 0.15) is 23.2 Å². The van der Waals surface area contributed by atoms with E-state index in [-0.39, 0.29) is 21.6 Å². The molecule has 1 aliphatic rings. The second-order valence-corrected chi connectivity index (χ2v) is 6.10. The number of benzene rings is 1. The number of nitrogens with one attached hydrogen (secondary N) is 1. The largest absolute Gasteiger partial charge is 0.381 e. The second-order valence-electron chi connectivity index (χ2n) is 5.31. The quantitative estimate of drug-likeness (QED) is 0.421. The first-order chi connectivity index (χ1) is 11.1. The monoisotopic (exact) mass is 386 g/mol. The lowest BCUT2D eigenvalue weighted by Crippen LogP contribution is -2.26. The van der Waals surface area contributed by atoms with Crippen LogP contribution in [0.5, 0.6) is 0 Å². The van der Waals surface area contributed by atoms with Gasteiger partial charge < -0.3 is 14.8 Å². The van der Waals surface area contributed by atoms with Crippen molar-refractivity contribution in [3.63, 3.8) is 0 Å². The average molecular weight is 387 g/mol. The minimum atomic E-state index is -0.526. The van der Waals surface area contributed by atoms with Crippen molar-refractivity contribution in [2.45, 2.75) is 12.8 Å². The Morgan fingerprint density at radius 1 is 1.52 bits per heavy atom. The van der Waals surface area contributed by atoms with Gasteiger partial charge in [-0.05, 0) is 34.8 Å². The second kappa shape index (κ2) is 8.95. The number of carbonyl (C=O) groups excluding carboxylic acids is 1. The van der Waals surface area contributed by atoms with E-state index in [0.717, 1.165) is 19.6 Å². The van der Waals surface area contributed by atoms with E-state index in [9.17, 15) is 14.9 Å². The number of amides is 1. The Labute approximate surface area is 142 Å². The molecular weight excluding hydrogens is 368 g/mol. The van der Waals surface area contributed by atoms with E-state index in [1.54, 1.807) is 6.07 Å². The number of hydrogen-bond donors (Lipinski definition) is 1. The van der Waals surface area contributed by atoms with E-state index in [1.165, 1.54) is 12.1 Å². The molecule has 1 aromatic rings. The highest BCUT2D eigenvalue weighted by atomic mass is 79.9. The van der Waals surface area contributed by atoms with E-state index >= 15 is 0 Å². The fraction of sp³-hybridized carbons (Fsp3) is 0.533. The molecule has 0 bridgehead atoms. The molecule has 1 atom stereocenters. The molecule has 1 heterocycles. The maximum absolute atomic E-state index is 12.1. The summed E-state index contributed by atoms with van der Waals surface area (Å²) < 4.78 is 11.0. The minimum Gasteiger partial charge on any atom is -0.381 e. The molecule has 7 nitrogen and oxygen atoms in total. The maximum Gasteiger partial charge on any atom is 0.284 e. The van der Waals surface area contributed by atoms with Crippen molar-refractivity contribution in [1.29, 1.82) is 0 Å². The summed E-state index contributed by atoms with van der Waals surface area (Å²) >= 11 is 3.11. The number of nitrogens with zero attached hydrogens (tertiary/aromatic N) is 1. The van der Waals surface area contributed by atoms with Crippen LogP contribution in [-0.4, -0.2) is 43.8 Å². The van der Waals surface area contributed by atoms with Crippen molar-refractivity contribution < 1.29 is 19.2 Å². The summed E-state index contributed by atoms with van der Waals surface area (Å²) in [6.45, 7) is 3.27. The van der Waals surface area contributed by atoms with Gasteiger partial charge in [-0.2, -0.15) is 0 Å². The van der Waals surface area contributed by atoms with Gasteiger partial charge in [0.2, 0.25) is 0 Å². The van der Waals surface area contributed by atoms with Crippen LogP contribution in [0.2, 0.25) is 0 Å². The molecule has 0 unspecified atom stereocenters. The number of ether oxygens (including phenoxy) is 2. The molecule has 0 aliphatic carbocycles. The third-order valence-electron chi connectivity index (χ3n) is 3.55. The minimum absolute atomic E-state index is 0.125. The highest BCUT2D eigenvalue weighted by Crippen LogP contribution is 2.28. The van der Waals surface area contributed by atoms with Crippen LogP contribution in [0.25, 0.3) is 0 Å². The van der Waals surface area contributed by atoms with E-state index in [0.29, 0.717) is 32.1 Å². The normalized spacial score (nSPS) is 17.2. The Kier molecular flexibility index (Phi) is 6.94. The number of carbonyl (C=O) groups is 1. The molecule has 0 radical (unpaired) electrons. The number of nitro groups is 1. The predicted octanol–water partition coefficient (Wildman–Crippen LogP) is 2.53. The van der Waals surface area contributed by atoms with Crippen molar-refractivity contribution in [2.75, 3.05) is 33.0 Å². The molecule has 1 saturated heterocycles. The van der Waals surface area contributed by atoms with Crippen molar-refractivity contribution in [1.82, 2.24) is 5.32 Å². The van der Waals surface area contributed by atoms with Gasteiger partial charge in [0.1, 0.15) is 4.47 Å². The summed E-state index contributed by atoms with van der Waals surface area (Å²) in [7, 11) is 0. The molecule has 1 aliphatic heterocycles. The molecule has 1 N–H and O–H groups in total. The first kappa shape index (κ1) is 17.8. The highest BCUT2D eigenvalue weighted by molar-refractivity contribution is 9.10. The fourth-order valence-corrected chi connectivity index (χ4v) is 2.86. The summed E-state index contributed by atoms with van der Waals surface area (Å²) in [4.78, 5) is 22.4. The average Bonchev–Trinajstić information content (AvgIpc) is 3.03. The lowest BCUT2D eigenvalue weighted by atomic mass is 10.1. The van der Waals surface area contributed by atoms with Gasteiger partial charge in [-0.1, -0.05) is 6.07 Å². The van der Waals surface area contributed by atoms with Crippen molar-refractivity contribution in [3.05, 3.63) is 38.3 Å². The Bertz CT molecular complexity index is 561. The Morgan fingerprint density at radius 3 is 3.04 bits per heavy atom. The van der Waals surface area contributed by atoms with E-state index in [1.807, 2.05) is 0 Å². The van der Waals surface area contributed by atoms with Gasteiger partial charge in [-0.3, -0.25) is 14.9 Å². The molecule has 0 aromatic heterocycles. The molecular formula is C15H19BrN2O5. The highest BCUT2D eigenvalue weighted by Gasteiger charge is 2.19. The fourth-order valence-electron chi connectivity index (χ4n) is 2.27. The summed E-state index contributed by atoms with van der Waals surface area (Å²) in [6, 6.07) is 4.38. The molecule has 8 heteroatoms. The van der Waals surface area contributed by atoms with Crippen LogP contribution < -0.4 is 5.32 Å². The number of nitro benzene ring substituents is 1. The van der Waals surface area contributed by atoms with Crippen molar-refractivity contribution in [3.8, 4) is 0 Å². The lowest BCUT2D eigenvalue weighted by molar-refractivity contribution is -0.385. The van der Waals surface area contributed by atoms with Crippen molar-refractivity contribution >= 4 is 27.5 Å². The van der Waals surface area contributed by atoms with E-state index in [2.05, 4.69) is 21.2 Å². The SMILES string of the molecule is O=C(NCCCOC[C@@H]1CCOC1)c1cccc([N+](=O)[O-])c1Br. The van der Waals surface area contributed by atoms with E-state index < -0.39 is 4.92 Å². The molecule has 1 aromatic carbocycles. The summed E-state index contributed by atoms with van der Waals surface area (Å²) in [5.74, 6) is 0.134. The van der Waals surface area contributed by atoms with Gasteiger partial charge in [0.25, 0.3) is 11.6 Å². The van der Waals surface area contributed by atoms with Crippen LogP contribution in [0.3, 0.4) is 0 Å². The summed E-state index contributed by atoms with van der Waals surface area (Å²) in [6.07, 6.45) is 1.73. The van der Waals surface area contributed by atoms with Gasteiger partial charge in [0, 0.05) is 31.7 Å². The summed E-state index contributed by atoms with van der Waals surface area (Å²) in [5, 5.41) is 13.6. The zero-order valence-electron chi connectivity index (χ0n) is 12.6. The topological polar surface area (TPSA) is 90.7 Å². The van der Waals surface area contributed by atoms with Gasteiger partial charge in [0.15, 0.2) is 0 Å². The first-order valence-corrected chi connectivity index (χ1v) is 8.25. The zero-order valence-corrected chi connectivity index (χ0v) is 14.2. The smallest absolute Gasteiger partial charge is 0.284 e.